The highest BCUT2D eigenvalue weighted by Crippen LogP contribution is 2.28. The Balaban J connectivity index is 1.81. The Hall–Kier alpha value is -3.13. The standard InChI is InChI=1S/C19H16N4O/c20-10-12-23-18(21-16-7-3-2-6-15(16)19(23)24)13-22-11-9-14-5-1-4-8-17(14)22/h1-8H,9,11-13H2. The Kier molecular flexibility index (Phi) is 3.51. The number of hydrogen-bond donors (Lipinski definition) is 0. The average Bonchev–Trinajstić information content (AvgIpc) is 3.02. The lowest BCUT2D eigenvalue weighted by Crippen LogP contribution is -2.30. The van der Waals surface area contributed by atoms with Crippen LogP contribution in [0.4, 0.5) is 5.69 Å². The van der Waals surface area contributed by atoms with Crippen molar-refractivity contribution in [1.29, 1.82) is 5.26 Å². The maximum absolute atomic E-state index is 12.7. The van der Waals surface area contributed by atoms with Gasteiger partial charge in [0.15, 0.2) is 0 Å². The van der Waals surface area contributed by atoms with Crippen LogP contribution in [0.15, 0.2) is 53.3 Å². The van der Waals surface area contributed by atoms with Gasteiger partial charge in [-0.3, -0.25) is 9.36 Å². The average molecular weight is 316 g/mol. The van der Waals surface area contributed by atoms with Crippen LogP contribution >= 0.6 is 0 Å². The van der Waals surface area contributed by atoms with Gasteiger partial charge in [0, 0.05) is 12.2 Å². The number of hydrogen-bond acceptors (Lipinski definition) is 4. The van der Waals surface area contributed by atoms with Crippen molar-refractivity contribution >= 4 is 16.6 Å². The fraction of sp³-hybridized carbons (Fsp3) is 0.211. The fourth-order valence-corrected chi connectivity index (χ4v) is 3.31. The molecule has 1 aliphatic rings. The first-order valence-corrected chi connectivity index (χ1v) is 7.96. The second-order valence-corrected chi connectivity index (χ2v) is 5.89. The Morgan fingerprint density at radius 2 is 1.92 bits per heavy atom. The van der Waals surface area contributed by atoms with Crippen molar-refractivity contribution in [2.24, 2.45) is 0 Å². The van der Waals surface area contributed by atoms with E-state index in [2.05, 4.69) is 28.1 Å². The van der Waals surface area contributed by atoms with Crippen LogP contribution in [-0.4, -0.2) is 16.1 Å². The maximum atomic E-state index is 12.7. The molecule has 0 amide bonds. The van der Waals surface area contributed by atoms with E-state index in [1.54, 1.807) is 6.07 Å². The zero-order valence-corrected chi connectivity index (χ0v) is 13.1. The van der Waals surface area contributed by atoms with Crippen molar-refractivity contribution in [3.63, 3.8) is 0 Å². The summed E-state index contributed by atoms with van der Waals surface area (Å²) < 4.78 is 1.49. The van der Waals surface area contributed by atoms with Crippen molar-refractivity contribution in [3.05, 3.63) is 70.3 Å². The van der Waals surface area contributed by atoms with Crippen molar-refractivity contribution in [2.75, 3.05) is 11.4 Å². The zero-order valence-electron chi connectivity index (χ0n) is 13.1. The molecule has 5 heteroatoms. The molecule has 1 aliphatic heterocycles. The van der Waals surface area contributed by atoms with E-state index in [1.807, 2.05) is 30.3 Å². The van der Waals surface area contributed by atoms with Crippen LogP contribution in [0.1, 0.15) is 11.4 Å². The molecule has 4 rings (SSSR count). The van der Waals surface area contributed by atoms with E-state index in [0.717, 1.165) is 13.0 Å². The summed E-state index contributed by atoms with van der Waals surface area (Å²) in [7, 11) is 0. The predicted molar refractivity (Wildman–Crippen MR) is 92.8 cm³/mol. The predicted octanol–water partition coefficient (Wildman–Crippen LogP) is 2.48. The number of benzene rings is 2. The summed E-state index contributed by atoms with van der Waals surface area (Å²) in [5.74, 6) is 0.636. The van der Waals surface area contributed by atoms with Crippen LogP contribution in [0, 0.1) is 11.3 Å². The van der Waals surface area contributed by atoms with Gasteiger partial charge in [0.25, 0.3) is 5.56 Å². The van der Waals surface area contributed by atoms with Gasteiger partial charge in [-0.25, -0.2) is 4.98 Å². The van der Waals surface area contributed by atoms with Crippen molar-refractivity contribution < 1.29 is 0 Å². The van der Waals surface area contributed by atoms with Gasteiger partial charge in [0.1, 0.15) is 12.4 Å². The highest BCUT2D eigenvalue weighted by atomic mass is 16.1. The van der Waals surface area contributed by atoms with Crippen LogP contribution < -0.4 is 10.5 Å². The molecular formula is C19H16N4O. The molecule has 0 spiro atoms. The monoisotopic (exact) mass is 316 g/mol. The second kappa shape index (κ2) is 5.82. The van der Waals surface area contributed by atoms with E-state index in [4.69, 9.17) is 5.26 Å². The molecule has 2 heterocycles. The number of anilines is 1. The van der Waals surface area contributed by atoms with E-state index in [1.165, 1.54) is 15.8 Å². The normalized spacial score (nSPS) is 13.0. The molecule has 0 saturated heterocycles. The molecule has 118 valence electrons. The van der Waals surface area contributed by atoms with Crippen LogP contribution in [0.5, 0.6) is 0 Å². The summed E-state index contributed by atoms with van der Waals surface area (Å²) in [5, 5.41) is 9.66. The van der Waals surface area contributed by atoms with Gasteiger partial charge in [0.2, 0.25) is 0 Å². The van der Waals surface area contributed by atoms with Crippen LogP contribution in [-0.2, 0) is 19.5 Å². The first-order valence-electron chi connectivity index (χ1n) is 7.96. The van der Waals surface area contributed by atoms with E-state index in [-0.39, 0.29) is 12.1 Å². The lowest BCUT2D eigenvalue weighted by molar-refractivity contribution is 0.671. The third-order valence-corrected chi connectivity index (χ3v) is 4.49. The first-order chi connectivity index (χ1) is 11.8. The fourth-order valence-electron chi connectivity index (χ4n) is 3.31. The molecule has 0 fully saturated rings. The van der Waals surface area contributed by atoms with Crippen molar-refractivity contribution in [1.82, 2.24) is 9.55 Å². The Bertz CT molecular complexity index is 1020. The number of nitrogens with zero attached hydrogens (tertiary/aromatic N) is 4. The van der Waals surface area contributed by atoms with E-state index in [0.29, 0.717) is 23.3 Å². The lowest BCUT2D eigenvalue weighted by Gasteiger charge is -2.21. The molecule has 0 N–H and O–H groups in total. The van der Waals surface area contributed by atoms with E-state index in [9.17, 15) is 4.79 Å². The van der Waals surface area contributed by atoms with Gasteiger partial charge in [0.05, 0.1) is 23.5 Å². The summed E-state index contributed by atoms with van der Waals surface area (Å²) in [6.45, 7) is 1.44. The summed E-state index contributed by atoms with van der Waals surface area (Å²) in [5.41, 5.74) is 3.03. The van der Waals surface area contributed by atoms with Gasteiger partial charge in [-0.05, 0) is 30.2 Å². The Labute approximate surface area is 139 Å². The first kappa shape index (κ1) is 14.5. The van der Waals surface area contributed by atoms with E-state index < -0.39 is 0 Å². The Morgan fingerprint density at radius 3 is 2.79 bits per heavy atom. The number of rotatable bonds is 3. The van der Waals surface area contributed by atoms with Crippen molar-refractivity contribution in [3.8, 4) is 6.07 Å². The molecule has 0 saturated carbocycles. The smallest absolute Gasteiger partial charge is 0.262 e. The topological polar surface area (TPSA) is 61.9 Å². The quantitative estimate of drug-likeness (QED) is 0.745. The van der Waals surface area contributed by atoms with Crippen LogP contribution in [0.2, 0.25) is 0 Å². The lowest BCUT2D eigenvalue weighted by atomic mass is 10.2. The molecule has 3 aromatic rings. The largest absolute Gasteiger partial charge is 0.363 e. The number of nitriles is 1. The van der Waals surface area contributed by atoms with Crippen LogP contribution in [0.25, 0.3) is 10.9 Å². The third-order valence-electron chi connectivity index (χ3n) is 4.49. The molecule has 24 heavy (non-hydrogen) atoms. The summed E-state index contributed by atoms with van der Waals surface area (Å²) in [4.78, 5) is 19.6. The van der Waals surface area contributed by atoms with Crippen molar-refractivity contribution in [2.45, 2.75) is 19.5 Å². The highest BCUT2D eigenvalue weighted by Gasteiger charge is 2.21. The molecule has 0 bridgehead atoms. The molecule has 1 aromatic heterocycles. The van der Waals surface area contributed by atoms with E-state index >= 15 is 0 Å². The molecule has 2 aromatic carbocycles. The highest BCUT2D eigenvalue weighted by molar-refractivity contribution is 5.77. The molecule has 0 unspecified atom stereocenters. The molecule has 0 radical (unpaired) electrons. The minimum Gasteiger partial charge on any atom is -0.363 e. The zero-order chi connectivity index (χ0) is 16.5. The third kappa shape index (κ3) is 2.33. The molecular weight excluding hydrogens is 300 g/mol. The Morgan fingerprint density at radius 1 is 1.12 bits per heavy atom. The van der Waals surface area contributed by atoms with Gasteiger partial charge in [-0.2, -0.15) is 5.26 Å². The van der Waals surface area contributed by atoms with Gasteiger partial charge in [-0.1, -0.05) is 30.3 Å². The number of fused-ring (bicyclic) bond motifs is 2. The minimum atomic E-state index is -0.148. The summed E-state index contributed by atoms with van der Waals surface area (Å²) in [6, 6.07) is 17.7. The minimum absolute atomic E-state index is 0.0154. The van der Waals surface area contributed by atoms with Gasteiger partial charge >= 0.3 is 0 Å². The second-order valence-electron chi connectivity index (χ2n) is 5.89. The van der Waals surface area contributed by atoms with Gasteiger partial charge < -0.3 is 4.90 Å². The summed E-state index contributed by atoms with van der Waals surface area (Å²) in [6.07, 6.45) is 0.992. The maximum Gasteiger partial charge on any atom is 0.262 e. The molecule has 5 nitrogen and oxygen atoms in total. The number of aromatic nitrogens is 2. The molecule has 0 aliphatic carbocycles. The van der Waals surface area contributed by atoms with Gasteiger partial charge in [-0.15, -0.1) is 0 Å². The molecule has 0 atom stereocenters. The van der Waals surface area contributed by atoms with Crippen LogP contribution in [0.3, 0.4) is 0 Å². The number of para-hydroxylation sites is 2. The summed E-state index contributed by atoms with van der Waals surface area (Å²) >= 11 is 0. The SMILES string of the molecule is N#CCn1c(CN2CCc3ccccc32)nc2ccccc2c1=O.